The van der Waals surface area contributed by atoms with Gasteiger partial charge in [-0.1, -0.05) is 19.9 Å². The molecule has 1 aromatic heterocycles. The van der Waals surface area contributed by atoms with Crippen molar-refractivity contribution in [2.75, 3.05) is 7.11 Å². The SMILES string of the molecule is COC(=O)C1=CCC(O)C2C1(C)CCC(C=O)C2(C)CCc1ccoc1. The maximum absolute atomic E-state index is 12.4. The molecule has 0 bridgehead atoms. The van der Waals surface area contributed by atoms with E-state index < -0.39 is 16.9 Å². The Kier molecular flexibility index (Phi) is 5.11. The molecule has 1 heterocycles. The number of carbonyl (C=O) groups excluding carboxylic acids is 2. The number of furan rings is 1. The number of aryl methyl sites for hydroxylation is 1. The Balaban J connectivity index is 1.99. The largest absolute Gasteiger partial charge is 0.472 e. The Hall–Kier alpha value is -1.88. The summed E-state index contributed by atoms with van der Waals surface area (Å²) in [4.78, 5) is 24.3. The third-order valence-electron chi connectivity index (χ3n) is 6.88. The van der Waals surface area contributed by atoms with Crippen LogP contribution in [0.25, 0.3) is 0 Å². The maximum Gasteiger partial charge on any atom is 0.333 e. The predicted octanol–water partition coefficient (Wildman–Crippen LogP) is 3.31. The monoisotopic (exact) mass is 360 g/mol. The number of carbonyl (C=O) groups is 2. The lowest BCUT2D eigenvalue weighted by molar-refractivity contribution is -0.148. The topological polar surface area (TPSA) is 76.7 Å². The second-order valence-corrected chi connectivity index (χ2v) is 8.23. The van der Waals surface area contributed by atoms with Crippen molar-refractivity contribution in [1.82, 2.24) is 0 Å². The summed E-state index contributed by atoms with van der Waals surface area (Å²) in [5.74, 6) is -0.643. The van der Waals surface area contributed by atoms with Crippen molar-refractivity contribution in [3.63, 3.8) is 0 Å². The highest BCUT2D eigenvalue weighted by molar-refractivity contribution is 5.90. The van der Waals surface area contributed by atoms with Crippen LogP contribution in [0.1, 0.15) is 45.1 Å². The minimum atomic E-state index is -0.578. The summed E-state index contributed by atoms with van der Waals surface area (Å²) in [7, 11) is 1.39. The number of methoxy groups -OCH3 is 1. The first kappa shape index (κ1) is 18.9. The van der Waals surface area contributed by atoms with Crippen LogP contribution in [0.5, 0.6) is 0 Å². The van der Waals surface area contributed by atoms with Crippen LogP contribution < -0.4 is 0 Å². The van der Waals surface area contributed by atoms with Crippen LogP contribution in [-0.2, 0) is 20.7 Å². The van der Waals surface area contributed by atoms with Crippen molar-refractivity contribution in [2.45, 2.75) is 52.1 Å². The molecule has 3 rings (SSSR count). The minimum Gasteiger partial charge on any atom is -0.472 e. The molecule has 1 saturated carbocycles. The molecule has 5 unspecified atom stereocenters. The van der Waals surface area contributed by atoms with Gasteiger partial charge in [0, 0.05) is 22.8 Å². The molecular formula is C21H28O5. The van der Waals surface area contributed by atoms with E-state index in [4.69, 9.17) is 9.15 Å². The van der Waals surface area contributed by atoms with E-state index in [-0.39, 0.29) is 17.8 Å². The summed E-state index contributed by atoms with van der Waals surface area (Å²) in [6.07, 6.45) is 8.99. The van der Waals surface area contributed by atoms with Gasteiger partial charge < -0.3 is 19.1 Å². The zero-order valence-corrected chi connectivity index (χ0v) is 15.7. The van der Waals surface area contributed by atoms with Gasteiger partial charge in [0.1, 0.15) is 6.29 Å². The molecule has 0 spiro atoms. The maximum atomic E-state index is 12.4. The van der Waals surface area contributed by atoms with Gasteiger partial charge in [0.05, 0.1) is 25.7 Å². The summed E-state index contributed by atoms with van der Waals surface area (Å²) in [6, 6.07) is 1.93. The molecule has 2 aliphatic rings. The number of fused-ring (bicyclic) bond motifs is 1. The van der Waals surface area contributed by atoms with Crippen LogP contribution in [0, 0.1) is 22.7 Å². The molecule has 1 aromatic rings. The van der Waals surface area contributed by atoms with E-state index in [1.165, 1.54) is 7.11 Å². The first-order valence-electron chi connectivity index (χ1n) is 9.30. The third kappa shape index (κ3) is 2.92. The molecule has 5 heteroatoms. The van der Waals surface area contributed by atoms with Crippen molar-refractivity contribution < 1.29 is 23.8 Å². The van der Waals surface area contributed by atoms with Crippen LogP contribution in [0.4, 0.5) is 0 Å². The molecule has 2 aliphatic carbocycles. The molecule has 0 saturated heterocycles. The highest BCUT2D eigenvalue weighted by atomic mass is 16.5. The number of hydrogen-bond acceptors (Lipinski definition) is 5. The summed E-state index contributed by atoms with van der Waals surface area (Å²) in [6.45, 7) is 4.14. The summed E-state index contributed by atoms with van der Waals surface area (Å²) < 4.78 is 10.2. The summed E-state index contributed by atoms with van der Waals surface area (Å²) >= 11 is 0. The normalized spacial score (nSPS) is 36.8. The average molecular weight is 360 g/mol. The van der Waals surface area contributed by atoms with E-state index in [2.05, 4.69) is 6.92 Å². The van der Waals surface area contributed by atoms with E-state index in [1.807, 2.05) is 19.1 Å². The van der Waals surface area contributed by atoms with Crippen LogP contribution in [-0.4, -0.2) is 30.6 Å². The first-order valence-corrected chi connectivity index (χ1v) is 9.30. The molecule has 1 N–H and O–H groups in total. The Morgan fingerprint density at radius 2 is 2.23 bits per heavy atom. The Bertz CT molecular complexity index is 691. The molecule has 5 atom stereocenters. The lowest BCUT2D eigenvalue weighted by Crippen LogP contribution is -2.57. The molecular weight excluding hydrogens is 332 g/mol. The second kappa shape index (κ2) is 7.03. The Morgan fingerprint density at radius 1 is 1.46 bits per heavy atom. The van der Waals surface area contributed by atoms with Gasteiger partial charge in [-0.25, -0.2) is 4.79 Å². The number of aliphatic hydroxyl groups excluding tert-OH is 1. The van der Waals surface area contributed by atoms with Crippen molar-refractivity contribution >= 4 is 12.3 Å². The van der Waals surface area contributed by atoms with Gasteiger partial charge in [-0.15, -0.1) is 0 Å². The van der Waals surface area contributed by atoms with E-state index >= 15 is 0 Å². The molecule has 0 radical (unpaired) electrons. The van der Waals surface area contributed by atoms with Gasteiger partial charge in [0.15, 0.2) is 0 Å². The molecule has 0 aliphatic heterocycles. The number of rotatable bonds is 5. The first-order chi connectivity index (χ1) is 12.4. The molecule has 5 nitrogen and oxygen atoms in total. The van der Waals surface area contributed by atoms with E-state index in [9.17, 15) is 14.7 Å². The molecule has 26 heavy (non-hydrogen) atoms. The summed E-state index contributed by atoms with van der Waals surface area (Å²) in [5, 5.41) is 10.9. The third-order valence-corrected chi connectivity index (χ3v) is 6.88. The van der Waals surface area contributed by atoms with Gasteiger partial charge in [0.25, 0.3) is 0 Å². The number of aliphatic hydroxyl groups is 1. The van der Waals surface area contributed by atoms with Crippen LogP contribution >= 0.6 is 0 Å². The van der Waals surface area contributed by atoms with E-state index in [0.29, 0.717) is 24.8 Å². The fourth-order valence-electron chi connectivity index (χ4n) is 5.51. The quantitative estimate of drug-likeness (QED) is 0.644. The van der Waals surface area contributed by atoms with Crippen molar-refractivity contribution in [3.05, 3.63) is 35.8 Å². The van der Waals surface area contributed by atoms with Gasteiger partial charge in [-0.3, -0.25) is 0 Å². The van der Waals surface area contributed by atoms with E-state index in [1.54, 1.807) is 12.5 Å². The summed E-state index contributed by atoms with van der Waals surface area (Å²) in [5.41, 5.74) is 0.834. The fraction of sp³-hybridized carbons (Fsp3) is 0.619. The van der Waals surface area contributed by atoms with Crippen molar-refractivity contribution in [1.29, 1.82) is 0 Å². The van der Waals surface area contributed by atoms with Crippen LogP contribution in [0.3, 0.4) is 0 Å². The molecule has 0 amide bonds. The average Bonchev–Trinajstić information content (AvgIpc) is 3.13. The Morgan fingerprint density at radius 3 is 2.85 bits per heavy atom. The van der Waals surface area contributed by atoms with Gasteiger partial charge in [0.2, 0.25) is 0 Å². The van der Waals surface area contributed by atoms with Gasteiger partial charge in [-0.2, -0.15) is 0 Å². The number of ether oxygens (including phenoxy) is 1. The Labute approximate surface area is 154 Å². The number of esters is 1. The lowest BCUT2D eigenvalue weighted by atomic mass is 9.46. The number of aldehydes is 1. The lowest BCUT2D eigenvalue weighted by Gasteiger charge is -2.58. The van der Waals surface area contributed by atoms with Crippen LogP contribution in [0.15, 0.2) is 34.7 Å². The van der Waals surface area contributed by atoms with Gasteiger partial charge in [-0.05, 0) is 49.1 Å². The molecule has 1 fully saturated rings. The molecule has 0 aromatic carbocycles. The van der Waals surface area contributed by atoms with Crippen molar-refractivity contribution in [3.8, 4) is 0 Å². The fourth-order valence-corrected chi connectivity index (χ4v) is 5.51. The zero-order chi connectivity index (χ0) is 18.9. The van der Waals surface area contributed by atoms with Gasteiger partial charge >= 0.3 is 5.97 Å². The highest BCUT2D eigenvalue weighted by Gasteiger charge is 2.59. The van der Waals surface area contributed by atoms with Crippen molar-refractivity contribution in [2.24, 2.45) is 22.7 Å². The zero-order valence-electron chi connectivity index (χ0n) is 15.7. The molecule has 142 valence electrons. The van der Waals surface area contributed by atoms with E-state index in [0.717, 1.165) is 24.7 Å². The number of hydrogen-bond donors (Lipinski definition) is 1. The standard InChI is InChI=1S/C21H28O5/c1-20(9-6-14-8-11-26-13-14)15(12-22)7-10-21(2)16(19(24)25-3)4-5-17(23)18(20)21/h4,8,11-13,15,17-18,23H,5-7,9-10H2,1-3H3. The highest BCUT2D eigenvalue weighted by Crippen LogP contribution is 2.61. The second-order valence-electron chi connectivity index (χ2n) is 8.23. The predicted molar refractivity (Wildman–Crippen MR) is 96.2 cm³/mol. The smallest absolute Gasteiger partial charge is 0.333 e. The van der Waals surface area contributed by atoms with Crippen LogP contribution in [0.2, 0.25) is 0 Å². The minimum absolute atomic E-state index is 0.140.